The normalized spacial score (nSPS) is 21.6. The number of amides is 1. The lowest BCUT2D eigenvalue weighted by Gasteiger charge is -2.31. The minimum absolute atomic E-state index is 0.126. The summed E-state index contributed by atoms with van der Waals surface area (Å²) in [5.74, 6) is -0.419. The lowest BCUT2D eigenvalue weighted by atomic mass is 9.91. The van der Waals surface area contributed by atoms with Crippen molar-refractivity contribution in [1.82, 2.24) is 5.32 Å². The van der Waals surface area contributed by atoms with Gasteiger partial charge in [0.25, 0.3) is 0 Å². The van der Waals surface area contributed by atoms with E-state index in [4.69, 9.17) is 16.3 Å². The first-order valence-electron chi connectivity index (χ1n) is 7.94. The Balaban J connectivity index is 1.77. The zero-order valence-corrected chi connectivity index (χ0v) is 14.5. The molecule has 0 spiro atoms. The molecular weight excluding hydrogens is 319 g/mol. The summed E-state index contributed by atoms with van der Waals surface area (Å²) < 4.78 is 18.7. The van der Waals surface area contributed by atoms with E-state index in [1.54, 1.807) is 12.1 Å². The number of carbonyl (C=O) groups excluding carboxylic acids is 1. The number of rotatable bonds is 3. The van der Waals surface area contributed by atoms with Gasteiger partial charge < -0.3 is 15.4 Å². The van der Waals surface area contributed by atoms with Gasteiger partial charge in [-0.2, -0.15) is 0 Å². The van der Waals surface area contributed by atoms with Gasteiger partial charge in [0, 0.05) is 17.8 Å². The minimum atomic E-state index is -0.485. The SMILES string of the molecule is CC(C)(C)OC(=O)NC1CCC(Nc2ccc(Cl)c(F)c2)CC1. The van der Waals surface area contributed by atoms with Gasteiger partial charge in [0.05, 0.1) is 5.02 Å². The molecule has 1 fully saturated rings. The second-order valence-electron chi connectivity index (χ2n) is 6.97. The summed E-state index contributed by atoms with van der Waals surface area (Å²) in [6, 6.07) is 5.13. The fourth-order valence-electron chi connectivity index (χ4n) is 2.68. The topological polar surface area (TPSA) is 50.4 Å². The van der Waals surface area contributed by atoms with E-state index in [0.29, 0.717) is 0 Å². The van der Waals surface area contributed by atoms with Crippen LogP contribution in [0.4, 0.5) is 14.9 Å². The van der Waals surface area contributed by atoms with Crippen LogP contribution in [0.5, 0.6) is 0 Å². The maximum absolute atomic E-state index is 13.4. The lowest BCUT2D eigenvalue weighted by Crippen LogP contribution is -2.42. The van der Waals surface area contributed by atoms with Crippen LogP contribution in [0.1, 0.15) is 46.5 Å². The zero-order chi connectivity index (χ0) is 17.0. The molecule has 1 aliphatic rings. The van der Waals surface area contributed by atoms with Crippen molar-refractivity contribution in [3.8, 4) is 0 Å². The molecular formula is C17H24ClFN2O2. The number of benzene rings is 1. The molecule has 0 heterocycles. The Labute approximate surface area is 141 Å². The molecule has 4 nitrogen and oxygen atoms in total. The summed E-state index contributed by atoms with van der Waals surface area (Å²) in [4.78, 5) is 11.8. The molecule has 1 aliphatic carbocycles. The lowest BCUT2D eigenvalue weighted by molar-refractivity contribution is 0.0492. The first-order valence-corrected chi connectivity index (χ1v) is 8.32. The third-order valence-corrected chi connectivity index (χ3v) is 4.04. The number of halogens is 2. The Hall–Kier alpha value is -1.49. The van der Waals surface area contributed by atoms with E-state index in [2.05, 4.69) is 10.6 Å². The fraction of sp³-hybridized carbons (Fsp3) is 0.588. The predicted molar refractivity (Wildman–Crippen MR) is 90.4 cm³/mol. The molecule has 0 atom stereocenters. The van der Waals surface area contributed by atoms with Gasteiger partial charge in [-0.1, -0.05) is 11.6 Å². The zero-order valence-electron chi connectivity index (χ0n) is 13.8. The molecule has 0 aliphatic heterocycles. The van der Waals surface area contributed by atoms with Crippen molar-refractivity contribution in [2.45, 2.75) is 64.1 Å². The highest BCUT2D eigenvalue weighted by atomic mass is 35.5. The first-order chi connectivity index (χ1) is 10.7. The minimum Gasteiger partial charge on any atom is -0.444 e. The van der Waals surface area contributed by atoms with Crippen molar-refractivity contribution in [3.05, 3.63) is 29.0 Å². The largest absolute Gasteiger partial charge is 0.444 e. The van der Waals surface area contributed by atoms with Crippen LogP contribution in [0.15, 0.2) is 18.2 Å². The molecule has 6 heteroatoms. The maximum atomic E-state index is 13.4. The Morgan fingerprint density at radius 1 is 1.22 bits per heavy atom. The second-order valence-corrected chi connectivity index (χ2v) is 7.38. The number of hydrogen-bond acceptors (Lipinski definition) is 3. The van der Waals surface area contributed by atoms with Gasteiger partial charge in [-0.25, -0.2) is 9.18 Å². The van der Waals surface area contributed by atoms with Crippen LogP contribution in [0.3, 0.4) is 0 Å². The highest BCUT2D eigenvalue weighted by molar-refractivity contribution is 6.30. The van der Waals surface area contributed by atoms with Crippen LogP contribution in [-0.2, 0) is 4.74 Å². The van der Waals surface area contributed by atoms with Gasteiger partial charge >= 0.3 is 6.09 Å². The van der Waals surface area contributed by atoms with E-state index in [9.17, 15) is 9.18 Å². The molecule has 0 saturated heterocycles. The standard InChI is InChI=1S/C17H24ClFN2O2/c1-17(2,3)23-16(22)21-12-6-4-11(5-7-12)20-13-8-9-14(18)15(19)10-13/h8-12,20H,4-7H2,1-3H3,(H,21,22). The van der Waals surface area contributed by atoms with Gasteiger partial charge in [-0.05, 0) is 64.7 Å². The van der Waals surface area contributed by atoms with Gasteiger partial charge in [0.1, 0.15) is 11.4 Å². The molecule has 1 saturated carbocycles. The molecule has 1 amide bonds. The molecule has 128 valence electrons. The molecule has 0 aromatic heterocycles. The van der Waals surface area contributed by atoms with Crippen LogP contribution in [0.2, 0.25) is 5.02 Å². The maximum Gasteiger partial charge on any atom is 0.407 e. The predicted octanol–water partition coefficient (Wildman–Crippen LogP) is 4.73. The molecule has 2 N–H and O–H groups in total. The highest BCUT2D eigenvalue weighted by Gasteiger charge is 2.24. The van der Waals surface area contributed by atoms with E-state index < -0.39 is 11.4 Å². The molecule has 0 bridgehead atoms. The van der Waals surface area contributed by atoms with Crippen molar-refractivity contribution in [2.24, 2.45) is 0 Å². The number of alkyl carbamates (subject to hydrolysis) is 1. The van der Waals surface area contributed by atoms with Gasteiger partial charge in [0.2, 0.25) is 0 Å². The van der Waals surface area contributed by atoms with Crippen LogP contribution in [-0.4, -0.2) is 23.8 Å². The van der Waals surface area contributed by atoms with Crippen molar-refractivity contribution >= 4 is 23.4 Å². The monoisotopic (exact) mass is 342 g/mol. The fourth-order valence-corrected chi connectivity index (χ4v) is 2.80. The highest BCUT2D eigenvalue weighted by Crippen LogP contribution is 2.25. The second kappa shape index (κ2) is 7.39. The van der Waals surface area contributed by atoms with Crippen LogP contribution in [0.25, 0.3) is 0 Å². The van der Waals surface area contributed by atoms with Crippen LogP contribution >= 0.6 is 11.6 Å². The smallest absolute Gasteiger partial charge is 0.407 e. The summed E-state index contributed by atoms with van der Waals surface area (Å²) in [7, 11) is 0. The summed E-state index contributed by atoms with van der Waals surface area (Å²) >= 11 is 5.68. The first kappa shape index (κ1) is 17.9. The molecule has 23 heavy (non-hydrogen) atoms. The van der Waals surface area contributed by atoms with Crippen molar-refractivity contribution in [3.63, 3.8) is 0 Å². The number of nitrogens with one attached hydrogen (secondary N) is 2. The van der Waals surface area contributed by atoms with E-state index in [1.807, 2.05) is 20.8 Å². The molecule has 1 aromatic rings. The molecule has 2 rings (SSSR count). The summed E-state index contributed by atoms with van der Waals surface area (Å²) in [6.07, 6.45) is 3.18. The van der Waals surface area contributed by atoms with Crippen molar-refractivity contribution < 1.29 is 13.9 Å². The molecule has 0 unspecified atom stereocenters. The number of carbonyl (C=O) groups is 1. The Kier molecular flexibility index (Phi) is 5.74. The average Bonchev–Trinajstić information content (AvgIpc) is 2.43. The van der Waals surface area contributed by atoms with Gasteiger partial charge in [0.15, 0.2) is 0 Å². The van der Waals surface area contributed by atoms with E-state index >= 15 is 0 Å². The van der Waals surface area contributed by atoms with Crippen LogP contribution in [0, 0.1) is 5.82 Å². The van der Waals surface area contributed by atoms with E-state index in [0.717, 1.165) is 31.4 Å². The summed E-state index contributed by atoms with van der Waals surface area (Å²) in [5.41, 5.74) is 0.247. The quantitative estimate of drug-likeness (QED) is 0.835. The third kappa shape index (κ3) is 5.90. The van der Waals surface area contributed by atoms with Crippen molar-refractivity contribution in [1.29, 1.82) is 0 Å². The Morgan fingerprint density at radius 2 is 1.83 bits per heavy atom. The van der Waals surface area contributed by atoms with E-state index in [-0.39, 0.29) is 23.2 Å². The number of hydrogen-bond donors (Lipinski definition) is 2. The molecule has 0 radical (unpaired) electrons. The third-order valence-electron chi connectivity index (χ3n) is 3.74. The van der Waals surface area contributed by atoms with Gasteiger partial charge in [-0.3, -0.25) is 0 Å². The van der Waals surface area contributed by atoms with Crippen molar-refractivity contribution in [2.75, 3.05) is 5.32 Å². The van der Waals surface area contributed by atoms with E-state index in [1.165, 1.54) is 6.07 Å². The van der Waals surface area contributed by atoms with Gasteiger partial charge in [-0.15, -0.1) is 0 Å². The van der Waals surface area contributed by atoms with Crippen LogP contribution < -0.4 is 10.6 Å². The Morgan fingerprint density at radius 3 is 2.39 bits per heavy atom. The Bertz CT molecular complexity index is 552. The summed E-state index contributed by atoms with van der Waals surface area (Å²) in [5, 5.41) is 6.35. The average molecular weight is 343 g/mol. The summed E-state index contributed by atoms with van der Waals surface area (Å²) in [6.45, 7) is 5.54. The number of anilines is 1. The number of ether oxygens (including phenoxy) is 1. The molecule has 1 aromatic carbocycles.